The van der Waals surface area contributed by atoms with E-state index in [1.165, 1.54) is 10.7 Å². The lowest BCUT2D eigenvalue weighted by Crippen LogP contribution is -2.18. The van der Waals surface area contributed by atoms with Crippen LogP contribution in [-0.4, -0.2) is 9.78 Å². The molecule has 0 aliphatic rings. The highest BCUT2D eigenvalue weighted by atomic mass is 32.1. The Morgan fingerprint density at radius 2 is 2.56 bits per heavy atom. The van der Waals surface area contributed by atoms with E-state index >= 15 is 0 Å². The van der Waals surface area contributed by atoms with E-state index in [4.69, 9.17) is 0 Å². The molecule has 0 spiro atoms. The van der Waals surface area contributed by atoms with Gasteiger partial charge in [-0.25, -0.2) is 4.68 Å². The average molecular weight is 142 g/mol. The van der Waals surface area contributed by atoms with Crippen molar-refractivity contribution in [2.24, 2.45) is 0 Å². The monoisotopic (exact) mass is 142 g/mol. The standard InChI is InChI=1S/C5H6N2OS/c8-5-2-1-3-6-7(5)4-9/h1-3,9H,4H2. The summed E-state index contributed by atoms with van der Waals surface area (Å²) in [4.78, 5) is 10.7. The molecule has 0 aliphatic carbocycles. The molecule has 0 atom stereocenters. The molecule has 4 heteroatoms. The quantitative estimate of drug-likeness (QED) is 0.566. The molecule has 3 nitrogen and oxygen atoms in total. The normalized spacial score (nSPS) is 9.44. The first-order valence-electron chi connectivity index (χ1n) is 2.47. The first-order valence-corrected chi connectivity index (χ1v) is 3.11. The number of rotatable bonds is 1. The van der Waals surface area contributed by atoms with Gasteiger partial charge in [0.2, 0.25) is 0 Å². The molecule has 0 saturated carbocycles. The molecule has 0 amide bonds. The largest absolute Gasteiger partial charge is 0.268 e. The number of hydrogen-bond acceptors (Lipinski definition) is 3. The Balaban J connectivity index is 3.16. The summed E-state index contributed by atoms with van der Waals surface area (Å²) >= 11 is 3.88. The van der Waals surface area contributed by atoms with E-state index in [0.29, 0.717) is 5.88 Å². The summed E-state index contributed by atoms with van der Waals surface area (Å²) in [5.74, 6) is 0.333. The highest BCUT2D eigenvalue weighted by Gasteiger charge is 1.87. The molecule has 0 aliphatic heterocycles. The van der Waals surface area contributed by atoms with Crippen molar-refractivity contribution in [1.82, 2.24) is 9.78 Å². The molecule has 9 heavy (non-hydrogen) atoms. The van der Waals surface area contributed by atoms with Crippen molar-refractivity contribution >= 4 is 12.6 Å². The van der Waals surface area contributed by atoms with Crippen molar-refractivity contribution < 1.29 is 0 Å². The molecule has 0 unspecified atom stereocenters. The fourth-order valence-corrected chi connectivity index (χ4v) is 0.706. The second-order valence-electron chi connectivity index (χ2n) is 1.50. The molecule has 1 heterocycles. The van der Waals surface area contributed by atoms with Gasteiger partial charge in [-0.2, -0.15) is 17.7 Å². The van der Waals surface area contributed by atoms with E-state index in [1.807, 2.05) is 0 Å². The Hall–Kier alpha value is -0.770. The van der Waals surface area contributed by atoms with Gasteiger partial charge in [0.05, 0.1) is 5.88 Å². The van der Waals surface area contributed by atoms with Gasteiger partial charge in [0.15, 0.2) is 0 Å². The summed E-state index contributed by atoms with van der Waals surface area (Å²) in [6.45, 7) is 0. The third-order valence-corrected chi connectivity index (χ3v) is 1.19. The van der Waals surface area contributed by atoms with Crippen LogP contribution in [0.1, 0.15) is 0 Å². The van der Waals surface area contributed by atoms with E-state index in [9.17, 15) is 4.79 Å². The Bertz CT molecular complexity index is 245. The molecule has 1 aromatic heterocycles. The van der Waals surface area contributed by atoms with Crippen molar-refractivity contribution in [1.29, 1.82) is 0 Å². The number of hydrogen-bond donors (Lipinski definition) is 1. The zero-order chi connectivity index (χ0) is 6.69. The van der Waals surface area contributed by atoms with Crippen LogP contribution < -0.4 is 5.56 Å². The molecule has 0 bridgehead atoms. The Morgan fingerprint density at radius 1 is 1.78 bits per heavy atom. The first-order chi connectivity index (χ1) is 4.34. The minimum Gasteiger partial charge on any atom is -0.268 e. The Labute approximate surface area is 57.7 Å². The topological polar surface area (TPSA) is 34.9 Å². The van der Waals surface area contributed by atoms with Crippen LogP contribution in [0.25, 0.3) is 0 Å². The van der Waals surface area contributed by atoms with Crippen LogP contribution in [0.2, 0.25) is 0 Å². The second kappa shape index (κ2) is 2.68. The Kier molecular flexibility index (Phi) is 1.89. The minimum atomic E-state index is -0.118. The van der Waals surface area contributed by atoms with Gasteiger partial charge >= 0.3 is 0 Å². The van der Waals surface area contributed by atoms with Gasteiger partial charge in [-0.3, -0.25) is 4.79 Å². The molecule has 1 rings (SSSR count). The van der Waals surface area contributed by atoms with Crippen molar-refractivity contribution in [3.63, 3.8) is 0 Å². The maximum absolute atomic E-state index is 10.7. The summed E-state index contributed by atoms with van der Waals surface area (Å²) in [6, 6.07) is 3.05. The van der Waals surface area contributed by atoms with Crippen molar-refractivity contribution in [3.8, 4) is 0 Å². The number of thiol groups is 1. The summed E-state index contributed by atoms with van der Waals surface area (Å²) in [5, 5.41) is 3.72. The van der Waals surface area contributed by atoms with E-state index in [-0.39, 0.29) is 5.56 Å². The van der Waals surface area contributed by atoms with Crippen LogP contribution in [0.4, 0.5) is 0 Å². The molecule has 48 valence electrons. The molecule has 0 saturated heterocycles. The van der Waals surface area contributed by atoms with E-state index < -0.39 is 0 Å². The highest BCUT2D eigenvalue weighted by Crippen LogP contribution is 1.77. The lowest BCUT2D eigenvalue weighted by Gasteiger charge is -1.93. The van der Waals surface area contributed by atoms with Crippen molar-refractivity contribution in [2.45, 2.75) is 5.88 Å². The molecule has 1 aromatic rings. The zero-order valence-electron chi connectivity index (χ0n) is 4.69. The van der Waals surface area contributed by atoms with Crippen LogP contribution in [-0.2, 0) is 5.88 Å². The molecule has 0 aromatic carbocycles. The number of nitrogens with zero attached hydrogens (tertiary/aromatic N) is 2. The van der Waals surface area contributed by atoms with Gasteiger partial charge in [0, 0.05) is 12.3 Å². The SMILES string of the molecule is O=c1cccnn1CS. The predicted molar refractivity (Wildman–Crippen MR) is 37.5 cm³/mol. The molecular formula is C5H6N2OS. The second-order valence-corrected chi connectivity index (χ2v) is 1.79. The summed E-state index contributed by atoms with van der Waals surface area (Å²) < 4.78 is 1.27. The van der Waals surface area contributed by atoms with Crippen LogP contribution in [0.3, 0.4) is 0 Å². The van der Waals surface area contributed by atoms with Crippen molar-refractivity contribution in [3.05, 3.63) is 28.7 Å². The summed E-state index contributed by atoms with van der Waals surface area (Å²) in [5.41, 5.74) is -0.118. The zero-order valence-corrected chi connectivity index (χ0v) is 5.58. The third-order valence-electron chi connectivity index (χ3n) is 0.919. The third kappa shape index (κ3) is 1.32. The van der Waals surface area contributed by atoms with E-state index in [2.05, 4.69) is 17.7 Å². The molecule has 0 N–H and O–H groups in total. The molecule has 0 fully saturated rings. The highest BCUT2D eigenvalue weighted by molar-refractivity contribution is 7.79. The van der Waals surface area contributed by atoms with E-state index in [1.54, 1.807) is 12.3 Å². The van der Waals surface area contributed by atoms with E-state index in [0.717, 1.165) is 0 Å². The van der Waals surface area contributed by atoms with Crippen molar-refractivity contribution in [2.75, 3.05) is 0 Å². The maximum atomic E-state index is 10.7. The van der Waals surface area contributed by atoms with Gasteiger partial charge in [-0.1, -0.05) is 0 Å². The van der Waals surface area contributed by atoms with Gasteiger partial charge in [-0.15, -0.1) is 0 Å². The predicted octanol–water partition coefficient (Wildman–Crippen LogP) is 0.131. The first kappa shape index (κ1) is 6.35. The molecule has 0 radical (unpaired) electrons. The summed E-state index contributed by atoms with van der Waals surface area (Å²) in [6.07, 6.45) is 1.55. The van der Waals surface area contributed by atoms with Gasteiger partial charge in [-0.05, 0) is 6.07 Å². The van der Waals surface area contributed by atoms with Gasteiger partial charge in [0.25, 0.3) is 5.56 Å². The van der Waals surface area contributed by atoms with Crippen LogP contribution >= 0.6 is 12.6 Å². The Morgan fingerprint density at radius 3 is 3.00 bits per heavy atom. The maximum Gasteiger partial charge on any atom is 0.267 e. The number of aromatic nitrogens is 2. The van der Waals surface area contributed by atoms with Gasteiger partial charge < -0.3 is 0 Å². The average Bonchev–Trinajstić information content (AvgIpc) is 1.89. The fraction of sp³-hybridized carbons (Fsp3) is 0.200. The fourth-order valence-electron chi connectivity index (χ4n) is 0.493. The lowest BCUT2D eigenvalue weighted by molar-refractivity contribution is 0.696. The van der Waals surface area contributed by atoms with Gasteiger partial charge in [0.1, 0.15) is 0 Å². The van der Waals surface area contributed by atoms with Crippen LogP contribution in [0, 0.1) is 0 Å². The summed E-state index contributed by atoms with van der Waals surface area (Å²) in [7, 11) is 0. The smallest absolute Gasteiger partial charge is 0.267 e. The minimum absolute atomic E-state index is 0.118. The molecular weight excluding hydrogens is 136 g/mol. The van der Waals surface area contributed by atoms with Crippen LogP contribution in [0.15, 0.2) is 23.1 Å². The lowest BCUT2D eigenvalue weighted by atomic mass is 10.6. The van der Waals surface area contributed by atoms with Crippen LogP contribution in [0.5, 0.6) is 0 Å².